The zero-order valence-corrected chi connectivity index (χ0v) is 10.7. The van der Waals surface area contributed by atoms with E-state index in [0.29, 0.717) is 25.9 Å². The molecule has 2 nitrogen and oxygen atoms in total. The minimum atomic E-state index is -4.29. The highest BCUT2D eigenvalue weighted by Crippen LogP contribution is 2.31. The molecule has 0 saturated carbocycles. The topological polar surface area (TPSA) is 20.3 Å². The molecule has 0 amide bonds. The molecule has 1 heterocycles. The molecule has 1 saturated heterocycles. The molecule has 2 rings (SSSR count). The second-order valence-corrected chi connectivity index (χ2v) is 4.87. The molecule has 1 aliphatic heterocycles. The number of ketones is 1. The third-order valence-corrected chi connectivity index (χ3v) is 3.62. The Bertz CT molecular complexity index is 443. The smallest absolute Gasteiger partial charge is 0.300 e. The molecule has 1 aromatic carbocycles. The maximum Gasteiger partial charge on any atom is 0.416 e. The fourth-order valence-corrected chi connectivity index (χ4v) is 2.32. The van der Waals surface area contributed by atoms with Gasteiger partial charge >= 0.3 is 6.18 Å². The first kappa shape index (κ1) is 14.1. The number of benzene rings is 1. The molecular formula is C14H16F3NO. The van der Waals surface area contributed by atoms with Crippen LogP contribution >= 0.6 is 0 Å². The van der Waals surface area contributed by atoms with Crippen molar-refractivity contribution in [2.24, 2.45) is 0 Å². The predicted octanol–water partition coefficient (Wildman–Crippen LogP) is 3.43. The van der Waals surface area contributed by atoms with E-state index in [9.17, 15) is 18.0 Å². The van der Waals surface area contributed by atoms with Crippen molar-refractivity contribution in [1.29, 1.82) is 0 Å². The maximum atomic E-state index is 12.5. The number of carbonyl (C=O) groups excluding carboxylic acids is 1. The summed E-state index contributed by atoms with van der Waals surface area (Å²) in [7, 11) is 0. The summed E-state index contributed by atoms with van der Waals surface area (Å²) in [5.74, 6) is 0.260. The van der Waals surface area contributed by atoms with Crippen LogP contribution in [0.25, 0.3) is 0 Å². The number of likely N-dealkylation sites (tertiary alicyclic amines) is 1. The summed E-state index contributed by atoms with van der Waals surface area (Å²) in [6.45, 7) is 3.32. The Balaban J connectivity index is 2.07. The summed E-state index contributed by atoms with van der Waals surface area (Å²) in [4.78, 5) is 13.3. The lowest BCUT2D eigenvalue weighted by molar-refractivity contribution is -0.137. The first-order valence-electron chi connectivity index (χ1n) is 6.31. The van der Waals surface area contributed by atoms with Gasteiger partial charge in [-0.3, -0.25) is 9.69 Å². The molecule has 0 unspecified atom stereocenters. The second kappa shape index (κ2) is 5.33. The molecule has 1 aliphatic rings. The maximum absolute atomic E-state index is 12.5. The highest BCUT2D eigenvalue weighted by molar-refractivity contribution is 5.79. The van der Waals surface area contributed by atoms with Gasteiger partial charge in [0, 0.05) is 32.0 Å². The fourth-order valence-electron chi connectivity index (χ4n) is 2.32. The lowest BCUT2D eigenvalue weighted by Crippen LogP contribution is -2.35. The van der Waals surface area contributed by atoms with Crippen molar-refractivity contribution in [2.75, 3.05) is 13.1 Å². The number of rotatable bonds is 2. The Morgan fingerprint density at radius 1 is 1.11 bits per heavy atom. The van der Waals surface area contributed by atoms with Gasteiger partial charge in [0.2, 0.25) is 0 Å². The molecule has 5 heteroatoms. The summed E-state index contributed by atoms with van der Waals surface area (Å²) in [6, 6.07) is 5.30. The van der Waals surface area contributed by atoms with Gasteiger partial charge in [0.25, 0.3) is 0 Å². The molecule has 104 valence electrons. The number of halogens is 3. The van der Waals surface area contributed by atoms with Gasteiger partial charge < -0.3 is 0 Å². The van der Waals surface area contributed by atoms with Crippen LogP contribution in [0.3, 0.4) is 0 Å². The Morgan fingerprint density at radius 3 is 2.11 bits per heavy atom. The van der Waals surface area contributed by atoms with E-state index in [2.05, 4.69) is 4.90 Å². The van der Waals surface area contributed by atoms with Crippen molar-refractivity contribution >= 4 is 5.78 Å². The molecule has 1 aromatic rings. The van der Waals surface area contributed by atoms with E-state index in [1.54, 1.807) is 0 Å². The van der Waals surface area contributed by atoms with Gasteiger partial charge in [0.05, 0.1) is 5.56 Å². The van der Waals surface area contributed by atoms with Gasteiger partial charge in [-0.25, -0.2) is 0 Å². The van der Waals surface area contributed by atoms with E-state index in [1.807, 2.05) is 6.92 Å². The highest BCUT2D eigenvalue weighted by Gasteiger charge is 2.30. The zero-order chi connectivity index (χ0) is 14.0. The molecule has 1 atom stereocenters. The number of alkyl halides is 3. The van der Waals surface area contributed by atoms with Crippen LogP contribution in [-0.4, -0.2) is 23.8 Å². The van der Waals surface area contributed by atoms with E-state index < -0.39 is 11.7 Å². The SMILES string of the molecule is C[C@@H](c1ccc(C(F)(F)F)cc1)N1CCC(=O)CC1. The van der Waals surface area contributed by atoms with Gasteiger partial charge in [-0.15, -0.1) is 0 Å². The van der Waals surface area contributed by atoms with Crippen LogP contribution in [0, 0.1) is 0 Å². The van der Waals surface area contributed by atoms with Crippen molar-refractivity contribution in [3.05, 3.63) is 35.4 Å². The standard InChI is InChI=1S/C14H16F3NO/c1-10(18-8-6-13(19)7-9-18)11-2-4-12(5-3-11)14(15,16)17/h2-5,10H,6-9H2,1H3/t10-/m0/s1. The summed E-state index contributed by atoms with van der Waals surface area (Å²) in [5.41, 5.74) is 0.222. The first-order valence-corrected chi connectivity index (χ1v) is 6.31. The summed E-state index contributed by atoms with van der Waals surface area (Å²) in [6.07, 6.45) is -3.23. The van der Waals surface area contributed by atoms with Crippen molar-refractivity contribution in [3.8, 4) is 0 Å². The van der Waals surface area contributed by atoms with Crippen LogP contribution in [0.1, 0.15) is 36.9 Å². The van der Waals surface area contributed by atoms with Crippen molar-refractivity contribution < 1.29 is 18.0 Å². The molecule has 1 fully saturated rings. The lowest BCUT2D eigenvalue weighted by Gasteiger charge is -2.32. The Morgan fingerprint density at radius 2 is 1.63 bits per heavy atom. The number of piperidine rings is 1. The number of carbonyl (C=O) groups is 1. The van der Waals surface area contributed by atoms with Crippen LogP contribution in [-0.2, 0) is 11.0 Å². The van der Waals surface area contributed by atoms with Crippen molar-refractivity contribution in [2.45, 2.75) is 32.0 Å². The molecule has 0 aliphatic carbocycles. The second-order valence-electron chi connectivity index (χ2n) is 4.87. The van der Waals surface area contributed by atoms with Gasteiger partial charge in [0.1, 0.15) is 5.78 Å². The Hall–Kier alpha value is -1.36. The fraction of sp³-hybridized carbons (Fsp3) is 0.500. The van der Waals surface area contributed by atoms with Gasteiger partial charge in [0.15, 0.2) is 0 Å². The quantitative estimate of drug-likeness (QED) is 0.821. The van der Waals surface area contributed by atoms with Crippen LogP contribution < -0.4 is 0 Å². The third kappa shape index (κ3) is 3.35. The summed E-state index contributed by atoms with van der Waals surface area (Å²) in [5, 5.41) is 0. The molecule has 0 spiro atoms. The summed E-state index contributed by atoms with van der Waals surface area (Å²) < 4.78 is 37.4. The number of hydrogen-bond donors (Lipinski definition) is 0. The molecule has 19 heavy (non-hydrogen) atoms. The van der Waals surface area contributed by atoms with E-state index in [4.69, 9.17) is 0 Å². The highest BCUT2D eigenvalue weighted by atomic mass is 19.4. The minimum absolute atomic E-state index is 0.0374. The van der Waals surface area contributed by atoms with E-state index in [-0.39, 0.29) is 11.8 Å². The van der Waals surface area contributed by atoms with Crippen LogP contribution in [0.15, 0.2) is 24.3 Å². The first-order chi connectivity index (χ1) is 8.88. The number of nitrogens with zero attached hydrogens (tertiary/aromatic N) is 1. The molecule has 0 radical (unpaired) electrons. The predicted molar refractivity (Wildman–Crippen MR) is 65.7 cm³/mol. The van der Waals surface area contributed by atoms with Gasteiger partial charge in [-0.2, -0.15) is 13.2 Å². The lowest BCUT2D eigenvalue weighted by atomic mass is 10.0. The molecule has 0 N–H and O–H groups in total. The van der Waals surface area contributed by atoms with Crippen molar-refractivity contribution in [1.82, 2.24) is 4.90 Å². The largest absolute Gasteiger partial charge is 0.416 e. The Kier molecular flexibility index (Phi) is 3.94. The average molecular weight is 271 g/mol. The summed E-state index contributed by atoms with van der Waals surface area (Å²) >= 11 is 0. The number of hydrogen-bond acceptors (Lipinski definition) is 2. The van der Waals surface area contributed by atoms with E-state index in [0.717, 1.165) is 17.7 Å². The van der Waals surface area contributed by atoms with E-state index >= 15 is 0 Å². The van der Waals surface area contributed by atoms with Gasteiger partial charge in [-0.1, -0.05) is 12.1 Å². The van der Waals surface area contributed by atoms with Crippen LogP contribution in [0.5, 0.6) is 0 Å². The van der Waals surface area contributed by atoms with Gasteiger partial charge in [-0.05, 0) is 24.6 Å². The Labute approximate surface area is 110 Å². The monoisotopic (exact) mass is 271 g/mol. The molecular weight excluding hydrogens is 255 g/mol. The van der Waals surface area contributed by atoms with Crippen LogP contribution in [0.4, 0.5) is 13.2 Å². The molecule has 0 aromatic heterocycles. The normalized spacial score (nSPS) is 19.5. The van der Waals surface area contributed by atoms with Crippen molar-refractivity contribution in [3.63, 3.8) is 0 Å². The molecule has 0 bridgehead atoms. The third-order valence-electron chi connectivity index (χ3n) is 3.62. The average Bonchev–Trinajstić information content (AvgIpc) is 2.38. The number of Topliss-reactive ketones (excluding diaryl/α,β-unsaturated/α-hetero) is 1. The van der Waals surface area contributed by atoms with Crippen LogP contribution in [0.2, 0.25) is 0 Å². The zero-order valence-electron chi connectivity index (χ0n) is 10.7. The minimum Gasteiger partial charge on any atom is -0.300 e. The van der Waals surface area contributed by atoms with E-state index in [1.165, 1.54) is 12.1 Å².